The molecule has 0 saturated carbocycles. The van der Waals surface area contributed by atoms with Crippen molar-refractivity contribution in [2.45, 2.75) is 32.7 Å². The van der Waals surface area contributed by atoms with Crippen molar-refractivity contribution in [3.05, 3.63) is 30.6 Å². The number of aryl methyl sites for hydroxylation is 1. The summed E-state index contributed by atoms with van der Waals surface area (Å²) in [5, 5.41) is 0. The van der Waals surface area contributed by atoms with Crippen LogP contribution < -0.4 is 4.57 Å². The molecule has 0 unspecified atom stereocenters. The van der Waals surface area contributed by atoms with Crippen LogP contribution in [0.25, 0.3) is 0 Å². The molecule has 0 spiro atoms. The zero-order chi connectivity index (χ0) is 7.94. The fourth-order valence-electron chi connectivity index (χ4n) is 1.13. The Hall–Kier alpha value is 0.590. The van der Waals surface area contributed by atoms with Crippen molar-refractivity contribution in [3.8, 4) is 0 Å². The van der Waals surface area contributed by atoms with E-state index in [1.807, 2.05) is 0 Å². The summed E-state index contributed by atoms with van der Waals surface area (Å²) >= 11 is 0. The Labute approximate surface area is 118 Å². The van der Waals surface area contributed by atoms with Crippen LogP contribution in [-0.2, 0) is 6.54 Å². The van der Waals surface area contributed by atoms with E-state index >= 15 is 0 Å². The van der Waals surface area contributed by atoms with Crippen LogP contribution in [0.1, 0.15) is 26.2 Å². The van der Waals surface area contributed by atoms with Crippen molar-refractivity contribution in [2.24, 2.45) is 0 Å². The summed E-state index contributed by atoms with van der Waals surface area (Å²) in [4.78, 5) is 0. The zero-order valence-corrected chi connectivity index (χ0v) is 13.5. The molecule has 4 heteroatoms. The first-order valence-corrected chi connectivity index (χ1v) is 4.37. The number of halogens is 3. The van der Waals surface area contributed by atoms with Crippen LogP contribution in [0.3, 0.4) is 0 Å². The first kappa shape index (κ1) is 20.1. The van der Waals surface area contributed by atoms with Crippen LogP contribution in [0, 0.1) is 0 Å². The number of nitrogens with zero attached hydrogens (tertiary/aromatic N) is 1. The molecule has 0 amide bonds. The predicted molar refractivity (Wildman–Crippen MR) is 77.1 cm³/mol. The second-order valence-electron chi connectivity index (χ2n) is 2.82. The molecule has 0 atom stereocenters. The number of hydrogen-bond donors (Lipinski definition) is 0. The predicted octanol–water partition coefficient (Wildman–Crippen LogP) is 3.90. The summed E-state index contributed by atoms with van der Waals surface area (Å²) in [6.07, 6.45) is 8.17. The second kappa shape index (κ2) is 13.6. The van der Waals surface area contributed by atoms with E-state index in [2.05, 4.69) is 42.1 Å². The Balaban J connectivity index is -0.000000403. The Kier molecular flexibility index (Phi) is 19.5. The molecule has 0 aliphatic carbocycles. The highest BCUT2D eigenvalue weighted by Gasteiger charge is 1.94. The molecule has 0 radical (unpaired) electrons. The normalized spacial score (nSPS) is 7.79. The van der Waals surface area contributed by atoms with Crippen molar-refractivity contribution < 1.29 is 4.57 Å². The Bertz CT molecular complexity index is 192. The second-order valence-corrected chi connectivity index (χ2v) is 2.82. The van der Waals surface area contributed by atoms with E-state index in [9.17, 15) is 0 Å². The molecule has 0 saturated heterocycles. The quantitative estimate of drug-likeness (QED) is 0.540. The number of aromatic nitrogens is 1. The van der Waals surface area contributed by atoms with Gasteiger partial charge in [0.2, 0.25) is 0 Å². The Morgan fingerprint density at radius 3 is 1.93 bits per heavy atom. The van der Waals surface area contributed by atoms with Gasteiger partial charge in [0.05, 0.1) is 0 Å². The van der Waals surface area contributed by atoms with Crippen molar-refractivity contribution in [1.29, 1.82) is 0 Å². The minimum absolute atomic E-state index is 0. The largest absolute Gasteiger partial charge is 0.205 e. The topological polar surface area (TPSA) is 3.88 Å². The average molecular weight is 393 g/mol. The third-order valence-electron chi connectivity index (χ3n) is 1.80. The summed E-state index contributed by atoms with van der Waals surface area (Å²) in [5.74, 6) is 0. The van der Waals surface area contributed by atoms with Crippen molar-refractivity contribution in [3.63, 3.8) is 0 Å². The van der Waals surface area contributed by atoms with Gasteiger partial charge >= 0.3 is 0 Å². The lowest BCUT2D eigenvalue weighted by atomic mass is 10.2. The molecule has 0 aliphatic rings. The summed E-state index contributed by atoms with van der Waals surface area (Å²) in [5.41, 5.74) is 0. The highest BCUT2D eigenvalue weighted by atomic mass is 79.9. The molecular weight excluding hydrogens is 374 g/mol. The van der Waals surface area contributed by atoms with E-state index in [0.29, 0.717) is 0 Å². The number of unbranched alkanes of at least 4 members (excludes halogenated alkanes) is 2. The van der Waals surface area contributed by atoms with Gasteiger partial charge in [-0.05, 0) is 6.42 Å². The first-order chi connectivity index (χ1) is 5.43. The standard InChI is InChI=1S/C10H16N.3BrH/c1-2-3-5-8-11-9-6-4-7-10-11;;;/h4,6-7,9-10H,2-3,5,8H2,1H3;3*1H/q+1;;;. The minimum Gasteiger partial charge on any atom is -0.205 e. The molecule has 0 N–H and O–H groups in total. The van der Waals surface area contributed by atoms with E-state index in [1.54, 1.807) is 0 Å². The molecule has 0 fully saturated rings. The minimum atomic E-state index is 0. The lowest BCUT2D eigenvalue weighted by Gasteiger charge is -1.93. The van der Waals surface area contributed by atoms with E-state index in [1.165, 1.54) is 19.3 Å². The maximum absolute atomic E-state index is 2.23. The third-order valence-corrected chi connectivity index (χ3v) is 1.80. The SMILES string of the molecule is Br.Br.Br.CCCCC[n+]1ccccc1. The highest BCUT2D eigenvalue weighted by molar-refractivity contribution is 8.93. The van der Waals surface area contributed by atoms with Crippen molar-refractivity contribution in [1.82, 2.24) is 0 Å². The molecule has 1 aromatic rings. The molecule has 1 rings (SSSR count). The van der Waals surface area contributed by atoms with Crippen LogP contribution in [0.5, 0.6) is 0 Å². The lowest BCUT2D eigenvalue weighted by Crippen LogP contribution is -2.31. The van der Waals surface area contributed by atoms with Crippen LogP contribution in [-0.4, -0.2) is 0 Å². The molecule has 0 bridgehead atoms. The van der Waals surface area contributed by atoms with Gasteiger partial charge in [-0.25, -0.2) is 4.57 Å². The van der Waals surface area contributed by atoms with Crippen LogP contribution in [0.2, 0.25) is 0 Å². The molecule has 1 heterocycles. The van der Waals surface area contributed by atoms with Gasteiger partial charge < -0.3 is 0 Å². The van der Waals surface area contributed by atoms with Gasteiger partial charge in [0.15, 0.2) is 12.4 Å². The van der Waals surface area contributed by atoms with Crippen molar-refractivity contribution >= 4 is 50.9 Å². The molecule has 0 aromatic carbocycles. The van der Waals surface area contributed by atoms with Gasteiger partial charge in [-0.1, -0.05) is 19.4 Å². The van der Waals surface area contributed by atoms with Gasteiger partial charge in [0.1, 0.15) is 6.54 Å². The molecule has 0 aliphatic heterocycles. The van der Waals surface area contributed by atoms with Gasteiger partial charge in [-0.2, -0.15) is 0 Å². The van der Waals surface area contributed by atoms with Crippen LogP contribution in [0.15, 0.2) is 30.6 Å². The average Bonchev–Trinajstić information content (AvgIpc) is 2.07. The summed E-state index contributed by atoms with van der Waals surface area (Å²) in [6, 6.07) is 6.20. The van der Waals surface area contributed by atoms with Crippen molar-refractivity contribution in [2.75, 3.05) is 0 Å². The number of hydrogen-bond acceptors (Lipinski definition) is 0. The first-order valence-electron chi connectivity index (χ1n) is 4.37. The summed E-state index contributed by atoms with van der Waals surface area (Å²) in [6.45, 7) is 3.39. The van der Waals surface area contributed by atoms with Gasteiger partial charge in [0.25, 0.3) is 0 Å². The lowest BCUT2D eigenvalue weighted by molar-refractivity contribution is -0.697. The Morgan fingerprint density at radius 2 is 1.43 bits per heavy atom. The third kappa shape index (κ3) is 9.16. The summed E-state index contributed by atoms with van der Waals surface area (Å²) < 4.78 is 2.23. The fraction of sp³-hybridized carbons (Fsp3) is 0.500. The highest BCUT2D eigenvalue weighted by Crippen LogP contribution is 1.92. The van der Waals surface area contributed by atoms with Gasteiger partial charge in [-0.3, -0.25) is 0 Å². The fourth-order valence-corrected chi connectivity index (χ4v) is 1.13. The monoisotopic (exact) mass is 390 g/mol. The van der Waals surface area contributed by atoms with E-state index < -0.39 is 0 Å². The maximum Gasteiger partial charge on any atom is 0.168 e. The molecule has 1 aromatic heterocycles. The smallest absolute Gasteiger partial charge is 0.168 e. The van der Waals surface area contributed by atoms with Crippen LogP contribution >= 0.6 is 50.9 Å². The number of pyridine rings is 1. The van der Waals surface area contributed by atoms with E-state index in [0.717, 1.165) is 6.54 Å². The Morgan fingerprint density at radius 1 is 0.857 bits per heavy atom. The van der Waals surface area contributed by atoms with E-state index in [-0.39, 0.29) is 50.9 Å². The van der Waals surface area contributed by atoms with E-state index in [4.69, 9.17) is 0 Å². The number of rotatable bonds is 4. The molecular formula is C10H19Br3N+. The summed E-state index contributed by atoms with van der Waals surface area (Å²) in [7, 11) is 0. The van der Waals surface area contributed by atoms with Gasteiger partial charge in [-0.15, -0.1) is 50.9 Å². The molecule has 1 nitrogen and oxygen atoms in total. The van der Waals surface area contributed by atoms with Crippen LogP contribution in [0.4, 0.5) is 0 Å². The zero-order valence-electron chi connectivity index (χ0n) is 8.39. The maximum atomic E-state index is 2.23. The molecule has 14 heavy (non-hydrogen) atoms. The molecule has 84 valence electrons. The van der Waals surface area contributed by atoms with Gasteiger partial charge in [0, 0.05) is 18.6 Å².